The van der Waals surface area contributed by atoms with Crippen LogP contribution in [-0.4, -0.2) is 77.1 Å². The van der Waals surface area contributed by atoms with Crippen LogP contribution in [0.1, 0.15) is 38.3 Å². The zero-order valence-corrected chi connectivity index (χ0v) is 28.3. The molecule has 240 valence electrons. The highest BCUT2D eigenvalue weighted by Crippen LogP contribution is 2.24. The third kappa shape index (κ3) is 8.75. The SMILES string of the molecule is Cn1c(=O)n(COCC[Si](C)(C)C)c2cccc(CC[C@@H]3CN(C(=O)OC(C)(C)C)CCN3C(=O)OCc3ccccc3)c21. The highest BCUT2D eigenvalue weighted by atomic mass is 28.3. The maximum atomic E-state index is 13.3. The number of imidazole rings is 1. The van der Waals surface area contributed by atoms with E-state index < -0.39 is 25.9 Å². The van der Waals surface area contributed by atoms with Crippen LogP contribution in [0.4, 0.5) is 9.59 Å². The Bertz CT molecular complexity index is 1490. The van der Waals surface area contributed by atoms with Gasteiger partial charge in [0.05, 0.1) is 17.1 Å². The number of fused-ring (bicyclic) bond motifs is 1. The van der Waals surface area contributed by atoms with Gasteiger partial charge in [-0.15, -0.1) is 0 Å². The summed E-state index contributed by atoms with van der Waals surface area (Å²) in [6.45, 7) is 14.5. The molecular weight excluding hydrogens is 576 g/mol. The van der Waals surface area contributed by atoms with Gasteiger partial charge >= 0.3 is 17.9 Å². The van der Waals surface area contributed by atoms with Gasteiger partial charge in [0, 0.05) is 41.4 Å². The molecule has 0 unspecified atom stereocenters. The molecule has 0 bridgehead atoms. The molecule has 0 radical (unpaired) electrons. The van der Waals surface area contributed by atoms with Crippen molar-refractivity contribution in [2.24, 2.45) is 7.05 Å². The first-order chi connectivity index (χ1) is 20.7. The van der Waals surface area contributed by atoms with Gasteiger partial charge in [-0.25, -0.2) is 14.4 Å². The number of carbonyl (C=O) groups excluding carboxylic acids is 2. The van der Waals surface area contributed by atoms with E-state index in [0.29, 0.717) is 39.1 Å². The van der Waals surface area contributed by atoms with Crippen LogP contribution in [0.2, 0.25) is 25.7 Å². The lowest BCUT2D eigenvalue weighted by Crippen LogP contribution is -2.57. The molecule has 2 aromatic carbocycles. The number of hydrogen-bond acceptors (Lipinski definition) is 6. The van der Waals surface area contributed by atoms with Gasteiger partial charge in [0.15, 0.2) is 0 Å². The van der Waals surface area contributed by atoms with Crippen molar-refractivity contribution in [2.45, 2.75) is 84.3 Å². The van der Waals surface area contributed by atoms with Crippen LogP contribution in [0.5, 0.6) is 0 Å². The Kier molecular flexibility index (Phi) is 10.6. The molecule has 2 amide bonds. The molecule has 1 aliphatic rings. The van der Waals surface area contributed by atoms with Crippen molar-refractivity contribution in [1.82, 2.24) is 18.9 Å². The number of rotatable bonds is 10. The molecule has 1 aliphatic heterocycles. The van der Waals surface area contributed by atoms with Crippen LogP contribution in [0.3, 0.4) is 0 Å². The first-order valence-corrected chi connectivity index (χ1v) is 19.1. The lowest BCUT2D eigenvalue weighted by molar-refractivity contribution is 0.000190. The second kappa shape index (κ2) is 14.0. The van der Waals surface area contributed by atoms with Crippen LogP contribution in [0.25, 0.3) is 11.0 Å². The predicted molar refractivity (Wildman–Crippen MR) is 175 cm³/mol. The van der Waals surface area contributed by atoms with Gasteiger partial charge in [-0.3, -0.25) is 9.13 Å². The number of aryl methyl sites for hydroxylation is 2. The van der Waals surface area contributed by atoms with Crippen LogP contribution in [0, 0.1) is 0 Å². The average molecular weight is 625 g/mol. The van der Waals surface area contributed by atoms with E-state index in [4.69, 9.17) is 14.2 Å². The normalized spacial score (nSPS) is 15.9. The Labute approximate surface area is 261 Å². The van der Waals surface area contributed by atoms with E-state index in [-0.39, 0.29) is 25.1 Å². The molecule has 1 fully saturated rings. The molecule has 11 heteroatoms. The molecule has 1 atom stereocenters. The lowest BCUT2D eigenvalue weighted by atomic mass is 10.0. The third-order valence-electron chi connectivity index (χ3n) is 7.78. The summed E-state index contributed by atoms with van der Waals surface area (Å²) in [7, 11) is 0.541. The monoisotopic (exact) mass is 624 g/mol. The zero-order chi connectivity index (χ0) is 32.1. The third-order valence-corrected chi connectivity index (χ3v) is 9.48. The minimum absolute atomic E-state index is 0.125. The van der Waals surface area contributed by atoms with E-state index in [9.17, 15) is 14.4 Å². The molecule has 44 heavy (non-hydrogen) atoms. The summed E-state index contributed by atoms with van der Waals surface area (Å²) in [4.78, 5) is 42.9. The maximum Gasteiger partial charge on any atom is 0.410 e. The van der Waals surface area contributed by atoms with Crippen LogP contribution in [0.15, 0.2) is 53.3 Å². The highest BCUT2D eigenvalue weighted by molar-refractivity contribution is 6.76. The molecule has 0 spiro atoms. The van der Waals surface area contributed by atoms with Crippen LogP contribution < -0.4 is 5.69 Å². The number of hydrogen-bond donors (Lipinski definition) is 0. The maximum absolute atomic E-state index is 13.3. The second-order valence-corrected chi connectivity index (χ2v) is 19.4. The number of benzene rings is 2. The summed E-state index contributed by atoms with van der Waals surface area (Å²) in [6.07, 6.45) is 0.371. The minimum atomic E-state index is -1.24. The van der Waals surface area contributed by atoms with Crippen molar-refractivity contribution in [1.29, 1.82) is 0 Å². The molecule has 4 rings (SSSR count). The van der Waals surface area contributed by atoms with Crippen LogP contribution >= 0.6 is 0 Å². The van der Waals surface area contributed by atoms with Gasteiger partial charge in [0.2, 0.25) is 0 Å². The van der Waals surface area contributed by atoms with Crippen LogP contribution in [-0.2, 0) is 41.0 Å². The number of piperazine rings is 1. The number of ether oxygens (including phenoxy) is 3. The molecular formula is C33H48N4O6Si. The molecule has 0 N–H and O–H groups in total. The summed E-state index contributed by atoms with van der Waals surface area (Å²) in [6, 6.07) is 16.2. The molecule has 10 nitrogen and oxygen atoms in total. The van der Waals surface area contributed by atoms with E-state index in [1.807, 2.05) is 69.3 Å². The van der Waals surface area contributed by atoms with Crippen molar-refractivity contribution in [2.75, 3.05) is 26.2 Å². The summed E-state index contributed by atoms with van der Waals surface area (Å²) < 4.78 is 20.6. The van der Waals surface area contributed by atoms with Crippen molar-refractivity contribution in [3.05, 3.63) is 70.1 Å². The molecule has 3 aromatic rings. The second-order valence-electron chi connectivity index (χ2n) is 13.8. The molecule has 2 heterocycles. The van der Waals surface area contributed by atoms with Gasteiger partial charge in [0.25, 0.3) is 0 Å². The van der Waals surface area contributed by atoms with Crippen molar-refractivity contribution in [3.63, 3.8) is 0 Å². The van der Waals surface area contributed by atoms with E-state index in [2.05, 4.69) is 19.6 Å². The quantitative estimate of drug-likeness (QED) is 0.208. The van der Waals surface area contributed by atoms with Crippen molar-refractivity contribution < 1.29 is 23.8 Å². The van der Waals surface area contributed by atoms with E-state index in [1.165, 1.54) is 0 Å². The zero-order valence-electron chi connectivity index (χ0n) is 27.3. The van der Waals surface area contributed by atoms with Gasteiger partial charge in [-0.2, -0.15) is 0 Å². The lowest BCUT2D eigenvalue weighted by Gasteiger charge is -2.41. The first-order valence-electron chi connectivity index (χ1n) is 15.4. The minimum Gasteiger partial charge on any atom is -0.445 e. The van der Waals surface area contributed by atoms with E-state index in [0.717, 1.165) is 28.2 Å². The fourth-order valence-corrected chi connectivity index (χ4v) is 6.14. The molecule has 1 aromatic heterocycles. The van der Waals surface area contributed by atoms with Gasteiger partial charge in [-0.05, 0) is 56.9 Å². The topological polar surface area (TPSA) is 95.2 Å². The Morgan fingerprint density at radius 1 is 0.977 bits per heavy atom. The molecule has 0 aliphatic carbocycles. The summed E-state index contributed by atoms with van der Waals surface area (Å²) >= 11 is 0. The summed E-state index contributed by atoms with van der Waals surface area (Å²) in [5, 5.41) is 0. The number of nitrogens with zero attached hydrogens (tertiary/aromatic N) is 4. The number of aromatic nitrogens is 2. The van der Waals surface area contributed by atoms with Gasteiger partial charge in [-0.1, -0.05) is 62.1 Å². The Hall–Kier alpha value is -3.57. The fourth-order valence-electron chi connectivity index (χ4n) is 5.38. The largest absolute Gasteiger partial charge is 0.445 e. The number of amides is 2. The Balaban J connectivity index is 1.52. The van der Waals surface area contributed by atoms with Gasteiger partial charge < -0.3 is 24.0 Å². The van der Waals surface area contributed by atoms with E-state index in [1.54, 1.807) is 26.0 Å². The van der Waals surface area contributed by atoms with Crippen molar-refractivity contribution >= 4 is 31.3 Å². The average Bonchev–Trinajstić information content (AvgIpc) is 3.21. The predicted octanol–water partition coefficient (Wildman–Crippen LogP) is 5.84. The standard InChI is InChI=1S/C33H48N4O6Si/c1-33(2,3)43-31(39)35-18-19-36(32(40)42-23-25-12-9-8-10-13-25)27(22-35)17-16-26-14-11-15-28-29(26)34(4)30(38)37(28)24-41-20-21-44(5,6)7/h8-15,27H,16-24H2,1-7H3/t27-/m1/s1. The van der Waals surface area contributed by atoms with E-state index >= 15 is 0 Å². The van der Waals surface area contributed by atoms with Crippen molar-refractivity contribution in [3.8, 4) is 0 Å². The Morgan fingerprint density at radius 2 is 1.70 bits per heavy atom. The first kappa shape index (κ1) is 33.3. The van der Waals surface area contributed by atoms with Gasteiger partial charge in [0.1, 0.15) is 18.9 Å². The summed E-state index contributed by atoms with van der Waals surface area (Å²) in [5.74, 6) is 0. The number of carbonyl (C=O) groups is 2. The smallest absolute Gasteiger partial charge is 0.410 e. The number of para-hydroxylation sites is 1. The highest BCUT2D eigenvalue weighted by Gasteiger charge is 2.35. The summed E-state index contributed by atoms with van der Waals surface area (Å²) in [5.41, 5.74) is 2.83. The Morgan fingerprint density at radius 3 is 2.39 bits per heavy atom. The molecule has 1 saturated heterocycles. The fraction of sp³-hybridized carbons (Fsp3) is 0.545. The molecule has 0 saturated carbocycles.